The number of para-hydroxylation sites is 1. The Morgan fingerprint density at radius 3 is 2.90 bits per heavy atom. The number of hydrogen-bond acceptors (Lipinski definition) is 10. The average Bonchev–Trinajstić information content (AvgIpc) is 3.28. The summed E-state index contributed by atoms with van der Waals surface area (Å²) >= 11 is 0. The number of aryl methyl sites for hydroxylation is 1. The van der Waals surface area contributed by atoms with Crippen LogP contribution >= 0.6 is 0 Å². The lowest BCUT2D eigenvalue weighted by Crippen LogP contribution is -2.70. The highest BCUT2D eigenvalue weighted by atomic mass is 17.3. The maximum atomic E-state index is 12.0. The summed E-state index contributed by atoms with van der Waals surface area (Å²) in [6.45, 7) is 8.82. The van der Waals surface area contributed by atoms with E-state index in [9.17, 15) is 4.79 Å². The predicted octanol–water partition coefficient (Wildman–Crippen LogP) is 4.50. The van der Waals surface area contributed by atoms with Crippen molar-refractivity contribution in [2.75, 3.05) is 6.61 Å². The molecule has 220 valence electrons. The van der Waals surface area contributed by atoms with E-state index in [0.717, 1.165) is 42.3 Å². The van der Waals surface area contributed by atoms with E-state index in [-0.39, 0.29) is 18.6 Å². The zero-order valence-electron chi connectivity index (χ0n) is 23.9. The third-order valence-electron chi connectivity index (χ3n) is 9.60. The van der Waals surface area contributed by atoms with Crippen molar-refractivity contribution in [1.82, 2.24) is 15.0 Å². The second-order valence-corrected chi connectivity index (χ2v) is 12.3. The highest BCUT2D eigenvalue weighted by Gasteiger charge is 2.69. The number of hydrogen-bond donors (Lipinski definition) is 0. The molecule has 0 radical (unpaired) electrons. The van der Waals surface area contributed by atoms with Crippen LogP contribution in [-0.2, 0) is 37.1 Å². The fraction of sp³-hybridized carbons (Fsp3) is 0.633. The molecule has 8 atom stereocenters. The van der Waals surface area contributed by atoms with Gasteiger partial charge in [0, 0.05) is 24.7 Å². The molecule has 5 aliphatic rings. The second-order valence-electron chi connectivity index (χ2n) is 12.3. The number of nitrogens with zero attached hydrogens (tertiary/aromatic N) is 3. The van der Waals surface area contributed by atoms with E-state index < -0.39 is 29.6 Å². The van der Waals surface area contributed by atoms with Gasteiger partial charge in [0.25, 0.3) is 0 Å². The molecule has 1 aliphatic carbocycles. The molecule has 11 heteroatoms. The zero-order valence-corrected chi connectivity index (χ0v) is 23.9. The molecule has 1 spiro atoms. The summed E-state index contributed by atoms with van der Waals surface area (Å²) in [4.78, 5) is 24.1. The second kappa shape index (κ2) is 10.2. The number of aromatic nitrogens is 3. The summed E-state index contributed by atoms with van der Waals surface area (Å²) < 4.78 is 32.1. The summed E-state index contributed by atoms with van der Waals surface area (Å²) in [6.07, 6.45) is 5.38. The van der Waals surface area contributed by atoms with Gasteiger partial charge in [-0.3, -0.25) is 0 Å². The molecule has 2 aromatic heterocycles. The minimum absolute atomic E-state index is 0.104. The van der Waals surface area contributed by atoms with Crippen molar-refractivity contribution >= 4 is 11.0 Å². The first-order valence-corrected chi connectivity index (χ1v) is 14.6. The summed E-state index contributed by atoms with van der Waals surface area (Å²) in [5.74, 6) is 0.805. The van der Waals surface area contributed by atoms with Crippen LogP contribution in [0, 0.1) is 30.6 Å². The monoisotopic (exact) mass is 567 g/mol. The topological polar surface area (TPSA) is 116 Å². The highest BCUT2D eigenvalue weighted by molar-refractivity contribution is 5.85. The van der Waals surface area contributed by atoms with Crippen LogP contribution in [0.2, 0.25) is 0 Å². The van der Waals surface area contributed by atoms with Crippen LogP contribution in [0.25, 0.3) is 11.0 Å². The van der Waals surface area contributed by atoms with Crippen LogP contribution in [0.5, 0.6) is 5.75 Å². The number of fused-ring (bicyclic) bond motifs is 3. The van der Waals surface area contributed by atoms with Gasteiger partial charge < -0.3 is 23.4 Å². The van der Waals surface area contributed by atoms with Crippen LogP contribution in [0.1, 0.15) is 57.7 Å². The van der Waals surface area contributed by atoms with Crippen LogP contribution in [0.15, 0.2) is 39.7 Å². The van der Waals surface area contributed by atoms with Gasteiger partial charge in [-0.25, -0.2) is 19.3 Å². The standard InChI is InChI=1S/C30H37N3O8/c1-17-8-9-23-19(3)27(38-28-30(23)22(17)10-12-29(4,39-28)40-41-30)35-13-11-20-15-33(32-31-20)16-36-24-14-25(34)37-26-18(2)6-5-7-21(24)26/h5-7,14-15,17,19,22-23,27-28H,8-13,16H2,1-4H3/t17-,19-,22+,23+,27+,28-,29-,30-/m1/s1. The predicted molar refractivity (Wildman–Crippen MR) is 144 cm³/mol. The largest absolute Gasteiger partial charge is 0.470 e. The molecule has 1 saturated carbocycles. The van der Waals surface area contributed by atoms with Gasteiger partial charge in [0.05, 0.1) is 30.0 Å². The first-order valence-electron chi connectivity index (χ1n) is 14.6. The Morgan fingerprint density at radius 1 is 1.15 bits per heavy atom. The molecule has 4 aliphatic heterocycles. The lowest BCUT2D eigenvalue weighted by atomic mass is 9.58. The first-order chi connectivity index (χ1) is 19.8. The molecule has 2 bridgehead atoms. The smallest absolute Gasteiger partial charge is 0.339 e. The SMILES string of the molecule is Cc1cccc2c(OCn3cc(CCO[C@H]4O[C@@H]5O[C@@]6(C)CC[C@H]7[C@H](C)CC[C@@H]([C@H]4C)[C@@]57OO6)nn3)cc(=O)oc12. The Hall–Kier alpha value is -2.83. The van der Waals surface area contributed by atoms with E-state index in [2.05, 4.69) is 24.2 Å². The van der Waals surface area contributed by atoms with E-state index in [1.807, 2.05) is 38.2 Å². The van der Waals surface area contributed by atoms with E-state index in [1.165, 1.54) is 6.07 Å². The highest BCUT2D eigenvalue weighted by Crippen LogP contribution is 2.60. The Bertz CT molecular complexity index is 1490. The lowest BCUT2D eigenvalue weighted by molar-refractivity contribution is -0.577. The maximum absolute atomic E-state index is 12.0. The van der Waals surface area contributed by atoms with Gasteiger partial charge >= 0.3 is 5.63 Å². The van der Waals surface area contributed by atoms with Crippen LogP contribution in [0.4, 0.5) is 0 Å². The van der Waals surface area contributed by atoms with Crippen molar-refractivity contribution in [3.8, 4) is 5.75 Å². The quantitative estimate of drug-likeness (QED) is 0.298. The molecule has 11 nitrogen and oxygen atoms in total. The maximum Gasteiger partial charge on any atom is 0.339 e. The van der Waals surface area contributed by atoms with Crippen molar-refractivity contribution in [2.24, 2.45) is 23.7 Å². The van der Waals surface area contributed by atoms with Crippen LogP contribution in [0.3, 0.4) is 0 Å². The van der Waals surface area contributed by atoms with E-state index >= 15 is 0 Å². The molecule has 5 fully saturated rings. The molecule has 0 N–H and O–H groups in total. The van der Waals surface area contributed by atoms with Crippen molar-refractivity contribution in [3.05, 3.63) is 52.1 Å². The Kier molecular flexibility index (Phi) is 6.70. The summed E-state index contributed by atoms with van der Waals surface area (Å²) in [6, 6.07) is 6.99. The number of ether oxygens (including phenoxy) is 4. The number of rotatable bonds is 7. The Balaban J connectivity index is 0.988. The summed E-state index contributed by atoms with van der Waals surface area (Å²) in [5.41, 5.74) is 1.09. The van der Waals surface area contributed by atoms with Gasteiger partial charge in [-0.2, -0.15) is 0 Å². The van der Waals surface area contributed by atoms with E-state index in [1.54, 1.807) is 4.68 Å². The van der Waals surface area contributed by atoms with Gasteiger partial charge in [0.15, 0.2) is 24.9 Å². The zero-order chi connectivity index (χ0) is 28.4. The summed E-state index contributed by atoms with van der Waals surface area (Å²) in [7, 11) is 0. The van der Waals surface area contributed by atoms with Gasteiger partial charge in [-0.15, -0.1) is 5.10 Å². The molecule has 0 unspecified atom stereocenters. The molecule has 0 amide bonds. The average molecular weight is 568 g/mol. The van der Waals surface area contributed by atoms with Crippen molar-refractivity contribution < 1.29 is 33.1 Å². The molecule has 6 heterocycles. The fourth-order valence-corrected chi connectivity index (χ4v) is 7.41. The van der Waals surface area contributed by atoms with Gasteiger partial charge in [-0.05, 0) is 56.6 Å². The molecule has 41 heavy (non-hydrogen) atoms. The minimum Gasteiger partial charge on any atom is -0.470 e. The van der Waals surface area contributed by atoms with E-state index in [0.29, 0.717) is 36.2 Å². The summed E-state index contributed by atoms with van der Waals surface area (Å²) in [5, 5.41) is 9.18. The Morgan fingerprint density at radius 2 is 2.02 bits per heavy atom. The van der Waals surface area contributed by atoms with Gasteiger partial charge in [-0.1, -0.05) is 31.2 Å². The van der Waals surface area contributed by atoms with Crippen LogP contribution in [-0.4, -0.2) is 45.6 Å². The van der Waals surface area contributed by atoms with E-state index in [4.69, 9.17) is 33.1 Å². The van der Waals surface area contributed by atoms with Gasteiger partial charge in [0.2, 0.25) is 5.79 Å². The molecular formula is C30H37N3O8. The van der Waals surface area contributed by atoms with Crippen molar-refractivity contribution in [3.63, 3.8) is 0 Å². The molecular weight excluding hydrogens is 530 g/mol. The van der Waals surface area contributed by atoms with Gasteiger partial charge in [0.1, 0.15) is 11.3 Å². The fourth-order valence-electron chi connectivity index (χ4n) is 7.41. The lowest BCUT2D eigenvalue weighted by Gasteiger charge is -2.60. The first kappa shape index (κ1) is 27.0. The molecule has 8 rings (SSSR count). The minimum atomic E-state index is -0.807. The third kappa shape index (κ3) is 4.58. The molecule has 3 aromatic rings. The molecule has 4 saturated heterocycles. The third-order valence-corrected chi connectivity index (χ3v) is 9.60. The molecule has 1 aromatic carbocycles. The Labute approximate surface area is 237 Å². The number of benzene rings is 1. The van der Waals surface area contributed by atoms with Crippen LogP contribution < -0.4 is 10.4 Å². The van der Waals surface area contributed by atoms with Crippen molar-refractivity contribution in [1.29, 1.82) is 0 Å². The normalized spacial score (nSPS) is 36.2. The van der Waals surface area contributed by atoms with Crippen molar-refractivity contribution in [2.45, 2.75) is 90.5 Å².